The molecular weight excluding hydrogens is 246 g/mol. The van der Waals surface area contributed by atoms with Gasteiger partial charge in [-0.15, -0.1) is 0 Å². The van der Waals surface area contributed by atoms with Crippen LogP contribution in [0.4, 0.5) is 0 Å². The quantitative estimate of drug-likeness (QED) is 0.714. The molecule has 108 valence electrons. The Bertz CT molecular complexity index is 344. The second kappa shape index (κ2) is 6.37. The van der Waals surface area contributed by atoms with E-state index in [4.69, 9.17) is 5.11 Å². The maximum Gasteiger partial charge on any atom is 0.306 e. The van der Waals surface area contributed by atoms with Crippen molar-refractivity contribution in [1.29, 1.82) is 0 Å². The van der Waals surface area contributed by atoms with Crippen molar-refractivity contribution in [2.75, 3.05) is 6.54 Å². The van der Waals surface area contributed by atoms with Crippen molar-refractivity contribution in [3.63, 3.8) is 0 Å². The maximum atomic E-state index is 12.0. The third kappa shape index (κ3) is 3.93. The van der Waals surface area contributed by atoms with Crippen LogP contribution in [0.25, 0.3) is 0 Å². The monoisotopic (exact) mass is 269 g/mol. The number of carboxylic acids is 1. The summed E-state index contributed by atoms with van der Waals surface area (Å²) in [5.41, 5.74) is 0. The first-order chi connectivity index (χ1) is 9.06. The molecule has 2 fully saturated rings. The summed E-state index contributed by atoms with van der Waals surface area (Å²) in [5, 5.41) is 21.4. The van der Waals surface area contributed by atoms with E-state index >= 15 is 0 Å². The second-order valence-electron chi connectivity index (χ2n) is 5.98. The van der Waals surface area contributed by atoms with Crippen LogP contribution < -0.4 is 5.32 Å². The highest BCUT2D eigenvalue weighted by atomic mass is 16.4. The Balaban J connectivity index is 1.71. The van der Waals surface area contributed by atoms with Gasteiger partial charge in [-0.25, -0.2) is 0 Å². The van der Waals surface area contributed by atoms with E-state index in [1.54, 1.807) is 0 Å². The number of carbonyl (C=O) groups excluding carboxylic acids is 1. The number of aliphatic hydroxyl groups excluding tert-OH is 1. The van der Waals surface area contributed by atoms with Crippen LogP contribution in [0, 0.1) is 17.8 Å². The van der Waals surface area contributed by atoms with Gasteiger partial charge in [0.2, 0.25) is 5.91 Å². The van der Waals surface area contributed by atoms with E-state index < -0.39 is 5.97 Å². The molecule has 0 saturated heterocycles. The van der Waals surface area contributed by atoms with Crippen LogP contribution >= 0.6 is 0 Å². The molecule has 0 aromatic carbocycles. The number of hydrogen-bond donors (Lipinski definition) is 3. The zero-order valence-corrected chi connectivity index (χ0v) is 11.2. The van der Waals surface area contributed by atoms with Gasteiger partial charge in [0.25, 0.3) is 0 Å². The van der Waals surface area contributed by atoms with Gasteiger partial charge in [-0.05, 0) is 44.4 Å². The predicted octanol–water partition coefficient (Wildman–Crippen LogP) is 1.15. The van der Waals surface area contributed by atoms with Gasteiger partial charge in [-0.2, -0.15) is 0 Å². The Kier molecular flexibility index (Phi) is 4.80. The summed E-state index contributed by atoms with van der Waals surface area (Å²) in [5.74, 6) is -0.930. The Morgan fingerprint density at radius 1 is 1.05 bits per heavy atom. The van der Waals surface area contributed by atoms with Gasteiger partial charge < -0.3 is 15.5 Å². The van der Waals surface area contributed by atoms with Crippen molar-refractivity contribution in [2.24, 2.45) is 17.8 Å². The highest BCUT2D eigenvalue weighted by molar-refractivity contribution is 5.80. The van der Waals surface area contributed by atoms with Crippen molar-refractivity contribution in [1.82, 2.24) is 5.32 Å². The lowest BCUT2D eigenvalue weighted by Crippen LogP contribution is -2.36. The van der Waals surface area contributed by atoms with E-state index in [-0.39, 0.29) is 23.8 Å². The van der Waals surface area contributed by atoms with Crippen LogP contribution in [0.1, 0.15) is 44.9 Å². The topological polar surface area (TPSA) is 86.6 Å². The molecule has 0 aliphatic heterocycles. The zero-order chi connectivity index (χ0) is 13.8. The summed E-state index contributed by atoms with van der Waals surface area (Å²) in [6.45, 7) is 0.615. The first-order valence-corrected chi connectivity index (χ1v) is 7.25. The number of carbonyl (C=O) groups is 2. The lowest BCUT2D eigenvalue weighted by atomic mass is 9.87. The number of nitrogens with one attached hydrogen (secondary N) is 1. The second-order valence-corrected chi connectivity index (χ2v) is 5.98. The number of carboxylic acid groups (broad SMARTS) is 1. The number of aliphatic carboxylic acids is 1. The largest absolute Gasteiger partial charge is 0.481 e. The Hall–Kier alpha value is -1.10. The van der Waals surface area contributed by atoms with Gasteiger partial charge in [0.1, 0.15) is 0 Å². The molecule has 0 radical (unpaired) electrons. The van der Waals surface area contributed by atoms with Crippen LogP contribution in [0.5, 0.6) is 0 Å². The SMILES string of the molecule is O=C(O)C1CCC(C(=O)NCC2CCCC(O)C2)C1. The van der Waals surface area contributed by atoms with E-state index in [1.807, 2.05) is 0 Å². The van der Waals surface area contributed by atoms with Crippen molar-refractivity contribution >= 4 is 11.9 Å². The Labute approximate surface area is 113 Å². The number of hydrogen-bond acceptors (Lipinski definition) is 3. The Morgan fingerprint density at radius 3 is 2.42 bits per heavy atom. The molecule has 0 bridgehead atoms. The van der Waals surface area contributed by atoms with Gasteiger partial charge in [0.05, 0.1) is 12.0 Å². The van der Waals surface area contributed by atoms with Crippen LogP contribution in [-0.2, 0) is 9.59 Å². The summed E-state index contributed by atoms with van der Waals surface area (Å²) in [6, 6.07) is 0. The predicted molar refractivity (Wildman–Crippen MR) is 69.4 cm³/mol. The lowest BCUT2D eigenvalue weighted by Gasteiger charge is -2.26. The minimum atomic E-state index is -0.786. The molecule has 4 unspecified atom stereocenters. The van der Waals surface area contributed by atoms with E-state index in [0.29, 0.717) is 31.7 Å². The fourth-order valence-corrected chi connectivity index (χ4v) is 3.28. The van der Waals surface area contributed by atoms with Crippen LogP contribution in [0.3, 0.4) is 0 Å². The minimum Gasteiger partial charge on any atom is -0.481 e. The molecule has 2 rings (SSSR count). The van der Waals surface area contributed by atoms with Crippen LogP contribution in [-0.4, -0.2) is 34.7 Å². The molecule has 5 heteroatoms. The third-order valence-electron chi connectivity index (χ3n) is 4.47. The average Bonchev–Trinajstić information content (AvgIpc) is 2.86. The van der Waals surface area contributed by atoms with Crippen molar-refractivity contribution in [2.45, 2.75) is 51.0 Å². The van der Waals surface area contributed by atoms with Crippen LogP contribution in [0.15, 0.2) is 0 Å². The first kappa shape index (κ1) is 14.3. The first-order valence-electron chi connectivity index (χ1n) is 7.25. The highest BCUT2D eigenvalue weighted by Gasteiger charge is 2.34. The molecule has 2 aliphatic carbocycles. The standard InChI is InChI=1S/C14H23NO4/c16-12-3-1-2-9(6-12)8-15-13(17)10-4-5-11(7-10)14(18)19/h9-12,16H,1-8H2,(H,15,17)(H,18,19). The van der Waals surface area contributed by atoms with Crippen molar-refractivity contribution < 1.29 is 19.8 Å². The zero-order valence-electron chi connectivity index (χ0n) is 11.2. The van der Waals surface area contributed by atoms with Crippen molar-refractivity contribution in [3.05, 3.63) is 0 Å². The molecule has 19 heavy (non-hydrogen) atoms. The molecule has 0 spiro atoms. The van der Waals surface area contributed by atoms with Gasteiger partial charge in [-0.1, -0.05) is 6.42 Å². The molecular formula is C14H23NO4. The lowest BCUT2D eigenvalue weighted by molar-refractivity contribution is -0.141. The molecule has 3 N–H and O–H groups in total. The summed E-state index contributed by atoms with van der Waals surface area (Å²) in [6.07, 6.45) is 5.24. The molecule has 1 amide bonds. The van der Waals surface area contributed by atoms with Gasteiger partial charge in [0, 0.05) is 12.5 Å². The van der Waals surface area contributed by atoms with Gasteiger partial charge in [-0.3, -0.25) is 9.59 Å². The molecule has 4 atom stereocenters. The number of aliphatic hydroxyl groups is 1. The smallest absolute Gasteiger partial charge is 0.306 e. The van der Waals surface area contributed by atoms with Gasteiger partial charge in [0.15, 0.2) is 0 Å². The average molecular weight is 269 g/mol. The fraction of sp³-hybridized carbons (Fsp3) is 0.857. The van der Waals surface area contributed by atoms with E-state index in [9.17, 15) is 14.7 Å². The van der Waals surface area contributed by atoms with E-state index in [2.05, 4.69) is 5.32 Å². The molecule has 0 heterocycles. The summed E-state index contributed by atoms with van der Waals surface area (Å²) in [7, 11) is 0. The molecule has 0 aromatic rings. The highest BCUT2D eigenvalue weighted by Crippen LogP contribution is 2.31. The van der Waals surface area contributed by atoms with Gasteiger partial charge >= 0.3 is 5.97 Å². The van der Waals surface area contributed by atoms with E-state index in [1.165, 1.54) is 0 Å². The minimum absolute atomic E-state index is 0.0104. The summed E-state index contributed by atoms with van der Waals surface area (Å²) in [4.78, 5) is 22.8. The number of rotatable bonds is 4. The molecule has 5 nitrogen and oxygen atoms in total. The molecule has 0 aromatic heterocycles. The molecule has 2 aliphatic rings. The molecule has 2 saturated carbocycles. The normalized spacial score (nSPS) is 35.0. The Morgan fingerprint density at radius 2 is 1.79 bits per heavy atom. The van der Waals surface area contributed by atoms with Crippen LogP contribution in [0.2, 0.25) is 0 Å². The summed E-state index contributed by atoms with van der Waals surface area (Å²) >= 11 is 0. The summed E-state index contributed by atoms with van der Waals surface area (Å²) < 4.78 is 0. The maximum absolute atomic E-state index is 12.0. The fourth-order valence-electron chi connectivity index (χ4n) is 3.28. The van der Waals surface area contributed by atoms with E-state index in [0.717, 1.165) is 25.7 Å². The third-order valence-corrected chi connectivity index (χ3v) is 4.47. The number of amides is 1. The van der Waals surface area contributed by atoms with Crippen molar-refractivity contribution in [3.8, 4) is 0 Å².